The van der Waals surface area contributed by atoms with Gasteiger partial charge < -0.3 is 9.73 Å². The van der Waals surface area contributed by atoms with Crippen molar-refractivity contribution in [2.24, 2.45) is 0 Å². The Bertz CT molecular complexity index is 1110. The van der Waals surface area contributed by atoms with E-state index in [1.165, 1.54) is 23.1 Å². The number of carbonyl (C=O) groups is 2. The highest BCUT2D eigenvalue weighted by molar-refractivity contribution is 7.99. The van der Waals surface area contributed by atoms with E-state index in [0.717, 1.165) is 10.6 Å². The van der Waals surface area contributed by atoms with Gasteiger partial charge in [-0.05, 0) is 35.7 Å². The van der Waals surface area contributed by atoms with Crippen molar-refractivity contribution in [3.05, 3.63) is 71.1 Å². The molecule has 1 aromatic carbocycles. The number of amides is 3. The molecule has 0 radical (unpaired) electrons. The van der Waals surface area contributed by atoms with Gasteiger partial charge in [-0.2, -0.15) is 0 Å². The van der Waals surface area contributed by atoms with Gasteiger partial charge in [0.1, 0.15) is 0 Å². The van der Waals surface area contributed by atoms with Crippen LogP contribution in [0.25, 0.3) is 17.3 Å². The summed E-state index contributed by atoms with van der Waals surface area (Å²) in [4.78, 5) is 25.1. The molecule has 0 atom stereocenters. The standard InChI is InChI=1S/C20H17N5O3S2/c26-17(22-19(27)21-12-15-8-5-11-29-15)13-30-20-24-23-18(16-9-4-10-28-16)25(20)14-6-2-1-3-7-14/h1-11H,12-13H2,(H2,21,22,26,27). The summed E-state index contributed by atoms with van der Waals surface area (Å²) in [5.74, 6) is 0.680. The molecule has 0 fully saturated rings. The molecule has 10 heteroatoms. The van der Waals surface area contributed by atoms with Crippen molar-refractivity contribution in [3.63, 3.8) is 0 Å². The van der Waals surface area contributed by atoms with E-state index >= 15 is 0 Å². The molecule has 3 heterocycles. The highest BCUT2D eigenvalue weighted by Crippen LogP contribution is 2.28. The topological polar surface area (TPSA) is 102 Å². The molecule has 3 aromatic heterocycles. The maximum absolute atomic E-state index is 12.2. The molecular formula is C20H17N5O3S2. The lowest BCUT2D eigenvalue weighted by molar-refractivity contribution is -0.117. The summed E-state index contributed by atoms with van der Waals surface area (Å²) in [5.41, 5.74) is 0.838. The van der Waals surface area contributed by atoms with E-state index in [2.05, 4.69) is 20.8 Å². The van der Waals surface area contributed by atoms with Crippen LogP contribution in [0.1, 0.15) is 4.88 Å². The number of nitrogens with zero attached hydrogens (tertiary/aromatic N) is 3. The van der Waals surface area contributed by atoms with Crippen LogP contribution in [0.5, 0.6) is 0 Å². The van der Waals surface area contributed by atoms with Crippen molar-refractivity contribution < 1.29 is 14.0 Å². The Hall–Kier alpha value is -3.37. The molecule has 152 valence electrons. The zero-order valence-electron chi connectivity index (χ0n) is 15.6. The number of aromatic nitrogens is 3. The number of hydrogen-bond donors (Lipinski definition) is 2. The van der Waals surface area contributed by atoms with Crippen LogP contribution >= 0.6 is 23.1 Å². The first kappa shape index (κ1) is 19.9. The van der Waals surface area contributed by atoms with Crippen LogP contribution in [-0.4, -0.2) is 32.5 Å². The Labute approximate surface area is 180 Å². The molecule has 0 spiro atoms. The second kappa shape index (κ2) is 9.42. The minimum absolute atomic E-state index is 0.00947. The first-order chi connectivity index (χ1) is 14.7. The van der Waals surface area contributed by atoms with Crippen molar-refractivity contribution in [1.29, 1.82) is 0 Å². The van der Waals surface area contributed by atoms with Crippen LogP contribution in [0, 0.1) is 0 Å². The molecule has 0 bridgehead atoms. The van der Waals surface area contributed by atoms with E-state index in [-0.39, 0.29) is 5.75 Å². The summed E-state index contributed by atoms with van der Waals surface area (Å²) in [5, 5.41) is 15.9. The Balaban J connectivity index is 1.42. The van der Waals surface area contributed by atoms with E-state index in [1.54, 1.807) is 18.4 Å². The predicted octanol–water partition coefficient (Wildman–Crippen LogP) is 3.71. The fraction of sp³-hybridized carbons (Fsp3) is 0.100. The minimum atomic E-state index is -0.533. The summed E-state index contributed by atoms with van der Waals surface area (Å²) in [6.07, 6.45) is 1.56. The molecular weight excluding hydrogens is 422 g/mol. The predicted molar refractivity (Wildman–Crippen MR) is 114 cm³/mol. The molecule has 2 N–H and O–H groups in total. The highest BCUT2D eigenvalue weighted by Gasteiger charge is 2.19. The molecule has 8 nitrogen and oxygen atoms in total. The van der Waals surface area contributed by atoms with Gasteiger partial charge in [0.2, 0.25) is 11.7 Å². The third kappa shape index (κ3) is 4.78. The normalized spacial score (nSPS) is 10.7. The van der Waals surface area contributed by atoms with Crippen molar-refractivity contribution in [2.45, 2.75) is 11.7 Å². The van der Waals surface area contributed by atoms with Gasteiger partial charge in [0, 0.05) is 10.6 Å². The average Bonchev–Trinajstić information content (AvgIpc) is 3.53. The number of furan rings is 1. The quantitative estimate of drug-likeness (QED) is 0.426. The second-order valence-electron chi connectivity index (χ2n) is 6.05. The Morgan fingerprint density at radius 2 is 1.93 bits per heavy atom. The number of rotatable bonds is 7. The second-order valence-corrected chi connectivity index (χ2v) is 8.03. The van der Waals surface area contributed by atoms with Gasteiger partial charge >= 0.3 is 6.03 Å². The van der Waals surface area contributed by atoms with Gasteiger partial charge in [0.15, 0.2) is 10.9 Å². The van der Waals surface area contributed by atoms with E-state index in [4.69, 9.17) is 4.42 Å². The maximum Gasteiger partial charge on any atom is 0.321 e. The van der Waals surface area contributed by atoms with Crippen LogP contribution in [0.4, 0.5) is 4.79 Å². The number of carbonyl (C=O) groups excluding carboxylic acids is 2. The van der Waals surface area contributed by atoms with Gasteiger partial charge in [-0.1, -0.05) is 36.0 Å². The van der Waals surface area contributed by atoms with E-state index in [1.807, 2.05) is 52.4 Å². The Morgan fingerprint density at radius 1 is 1.07 bits per heavy atom. The fourth-order valence-electron chi connectivity index (χ4n) is 2.66. The van der Waals surface area contributed by atoms with Crippen molar-refractivity contribution in [2.75, 3.05) is 5.75 Å². The molecule has 0 aliphatic carbocycles. The molecule has 0 aliphatic heterocycles. The summed E-state index contributed by atoms with van der Waals surface area (Å²) >= 11 is 2.72. The number of thiophene rings is 1. The molecule has 0 aliphatic rings. The van der Waals surface area contributed by atoms with Crippen LogP contribution in [0.15, 0.2) is 75.8 Å². The third-order valence-electron chi connectivity index (χ3n) is 3.98. The lowest BCUT2D eigenvalue weighted by atomic mass is 10.3. The van der Waals surface area contributed by atoms with Crippen molar-refractivity contribution in [3.8, 4) is 17.3 Å². The van der Waals surface area contributed by atoms with Crippen molar-refractivity contribution in [1.82, 2.24) is 25.4 Å². The van der Waals surface area contributed by atoms with Gasteiger partial charge in [-0.3, -0.25) is 14.7 Å². The van der Waals surface area contributed by atoms with E-state index < -0.39 is 11.9 Å². The lowest BCUT2D eigenvalue weighted by Gasteiger charge is -2.09. The number of hydrogen-bond acceptors (Lipinski definition) is 7. The summed E-state index contributed by atoms with van der Waals surface area (Å²) < 4.78 is 7.28. The molecule has 4 rings (SSSR count). The summed E-state index contributed by atoms with van der Waals surface area (Å²) in [7, 11) is 0. The molecule has 0 saturated heterocycles. The van der Waals surface area contributed by atoms with Crippen LogP contribution < -0.4 is 10.6 Å². The fourth-order valence-corrected chi connectivity index (χ4v) is 4.05. The van der Waals surface area contributed by atoms with Gasteiger partial charge in [0.25, 0.3) is 0 Å². The number of urea groups is 1. The summed E-state index contributed by atoms with van der Waals surface area (Å²) in [6.45, 7) is 0.374. The van der Waals surface area contributed by atoms with Gasteiger partial charge in [0.05, 0.1) is 18.6 Å². The maximum atomic E-state index is 12.2. The van der Waals surface area contributed by atoms with E-state index in [9.17, 15) is 9.59 Å². The molecule has 4 aromatic rings. The first-order valence-corrected chi connectivity index (χ1v) is 10.8. The largest absolute Gasteiger partial charge is 0.461 e. The zero-order chi connectivity index (χ0) is 20.8. The Kier molecular flexibility index (Phi) is 6.26. The lowest BCUT2D eigenvalue weighted by Crippen LogP contribution is -2.39. The first-order valence-electron chi connectivity index (χ1n) is 8.98. The van der Waals surface area contributed by atoms with Crippen LogP contribution in [0.3, 0.4) is 0 Å². The monoisotopic (exact) mass is 439 g/mol. The highest BCUT2D eigenvalue weighted by atomic mass is 32.2. The SMILES string of the molecule is O=C(CSc1nnc(-c2ccco2)n1-c1ccccc1)NC(=O)NCc1cccs1. The van der Waals surface area contributed by atoms with Gasteiger partial charge in [-0.25, -0.2) is 4.79 Å². The molecule has 0 unspecified atom stereocenters. The van der Waals surface area contributed by atoms with Crippen LogP contribution in [-0.2, 0) is 11.3 Å². The molecule has 30 heavy (non-hydrogen) atoms. The average molecular weight is 440 g/mol. The Morgan fingerprint density at radius 3 is 2.67 bits per heavy atom. The third-order valence-corrected chi connectivity index (χ3v) is 5.78. The van der Waals surface area contributed by atoms with Crippen LogP contribution in [0.2, 0.25) is 0 Å². The van der Waals surface area contributed by atoms with E-state index in [0.29, 0.717) is 23.3 Å². The zero-order valence-corrected chi connectivity index (χ0v) is 17.3. The smallest absolute Gasteiger partial charge is 0.321 e. The number of nitrogens with one attached hydrogen (secondary N) is 2. The van der Waals surface area contributed by atoms with Crippen molar-refractivity contribution >= 4 is 35.0 Å². The molecule has 3 amide bonds. The minimum Gasteiger partial charge on any atom is -0.461 e. The number of imide groups is 1. The number of thioether (sulfide) groups is 1. The number of para-hydroxylation sites is 1. The molecule has 0 saturated carbocycles. The van der Waals surface area contributed by atoms with Gasteiger partial charge in [-0.15, -0.1) is 21.5 Å². The summed E-state index contributed by atoms with van der Waals surface area (Å²) in [6, 6.07) is 16.4. The number of benzene rings is 1.